The molecule has 2 aromatic carbocycles. The third-order valence-corrected chi connectivity index (χ3v) is 9.43. The van der Waals surface area contributed by atoms with Gasteiger partial charge < -0.3 is 30.0 Å². The number of carbonyl (C=O) groups excluding carboxylic acids is 2. The first-order valence-corrected chi connectivity index (χ1v) is 13.7. The molecule has 0 unspecified atom stereocenters. The lowest BCUT2D eigenvalue weighted by Gasteiger charge is -2.35. The van der Waals surface area contributed by atoms with Crippen LogP contribution in [0.3, 0.4) is 0 Å². The fourth-order valence-corrected chi connectivity index (χ4v) is 7.67. The van der Waals surface area contributed by atoms with E-state index >= 15 is 0 Å². The Balaban J connectivity index is 1.19. The lowest BCUT2D eigenvalue weighted by Crippen LogP contribution is -2.47. The van der Waals surface area contributed by atoms with Crippen molar-refractivity contribution >= 4 is 45.6 Å². The van der Waals surface area contributed by atoms with Gasteiger partial charge in [0.1, 0.15) is 12.1 Å². The van der Waals surface area contributed by atoms with Crippen molar-refractivity contribution in [1.82, 2.24) is 19.8 Å². The van der Waals surface area contributed by atoms with Crippen LogP contribution in [-0.4, -0.2) is 65.8 Å². The number of aliphatic carboxylic acids is 2. The number of hydrogen-bond acceptors (Lipinski definition) is 4. The van der Waals surface area contributed by atoms with Crippen LogP contribution in [0.15, 0.2) is 36.4 Å². The van der Waals surface area contributed by atoms with Crippen molar-refractivity contribution < 1.29 is 29.4 Å². The van der Waals surface area contributed by atoms with Gasteiger partial charge >= 0.3 is 11.9 Å². The average Bonchev–Trinajstić information content (AvgIpc) is 3.70. The number of hydrogen-bond donors (Lipinski definition) is 4. The van der Waals surface area contributed by atoms with Crippen LogP contribution >= 0.6 is 0 Å². The lowest BCUT2D eigenvalue weighted by atomic mass is 9.91. The minimum absolute atomic E-state index is 0.107. The number of amides is 2. The highest BCUT2D eigenvalue weighted by Gasteiger charge is 2.47. The molecule has 4 atom stereocenters. The number of nitrogens with zero attached hydrogens (tertiary/aromatic N) is 2. The number of nitrogens with one attached hydrogen (secondary N) is 2. The topological polar surface area (TPSA) is 147 Å². The van der Waals surface area contributed by atoms with E-state index in [0.717, 1.165) is 55.4 Å². The predicted octanol–water partition coefficient (Wildman–Crippen LogP) is 3.66. The first-order chi connectivity index (χ1) is 19.3. The molecule has 10 heteroatoms. The number of carboxylic acids is 2. The Morgan fingerprint density at radius 2 is 1.12 bits per heavy atom. The van der Waals surface area contributed by atoms with Gasteiger partial charge in [0.15, 0.2) is 0 Å². The second kappa shape index (κ2) is 7.97. The number of carbonyl (C=O) groups is 4. The number of fused-ring (bicyclic) bond motifs is 10. The molecule has 4 N–H and O–H groups in total. The number of aromatic nitrogens is 2. The zero-order valence-electron chi connectivity index (χ0n) is 21.4. The minimum Gasteiger partial charge on any atom is -0.480 e. The van der Waals surface area contributed by atoms with Gasteiger partial charge in [0, 0.05) is 58.9 Å². The monoisotopic (exact) mass is 538 g/mol. The number of benzene rings is 2. The zero-order valence-corrected chi connectivity index (χ0v) is 21.4. The highest BCUT2D eigenvalue weighted by molar-refractivity contribution is 5.96. The molecule has 0 aliphatic carbocycles. The molecule has 2 amide bonds. The summed E-state index contributed by atoms with van der Waals surface area (Å²) in [5, 5.41) is 21.6. The maximum atomic E-state index is 12.5. The molecule has 202 valence electrons. The minimum atomic E-state index is -0.974. The highest BCUT2D eigenvalue weighted by atomic mass is 16.4. The lowest BCUT2D eigenvalue weighted by molar-refractivity contribution is -0.150. The molecule has 2 aromatic heterocycles. The second-order valence-corrected chi connectivity index (χ2v) is 11.4. The molecule has 6 heterocycles. The van der Waals surface area contributed by atoms with Crippen molar-refractivity contribution in [2.45, 2.75) is 62.7 Å². The molecule has 4 aliphatic rings. The van der Waals surface area contributed by atoms with E-state index in [2.05, 4.69) is 22.1 Å². The largest absolute Gasteiger partial charge is 0.480 e. The van der Waals surface area contributed by atoms with Crippen LogP contribution in [0.1, 0.15) is 60.3 Å². The van der Waals surface area contributed by atoms with Gasteiger partial charge in [-0.15, -0.1) is 0 Å². The Bertz CT molecular complexity index is 1690. The molecule has 8 rings (SSSR count). The summed E-state index contributed by atoms with van der Waals surface area (Å²) in [5.74, 6) is -2.16. The van der Waals surface area contributed by atoms with Crippen LogP contribution in [0.4, 0.5) is 0 Å². The van der Waals surface area contributed by atoms with Crippen LogP contribution in [0.2, 0.25) is 0 Å². The highest BCUT2D eigenvalue weighted by Crippen LogP contribution is 2.45. The first-order valence-electron chi connectivity index (χ1n) is 13.7. The Labute approximate surface area is 227 Å². The van der Waals surface area contributed by atoms with E-state index in [9.17, 15) is 29.4 Å². The van der Waals surface area contributed by atoms with Crippen molar-refractivity contribution in [2.75, 3.05) is 0 Å². The third-order valence-electron chi connectivity index (χ3n) is 9.43. The van der Waals surface area contributed by atoms with Crippen molar-refractivity contribution in [3.63, 3.8) is 0 Å². The molecule has 10 nitrogen and oxygen atoms in total. The molecule has 2 saturated heterocycles. The van der Waals surface area contributed by atoms with Gasteiger partial charge in [-0.05, 0) is 47.2 Å². The number of carboxylic acid groups (broad SMARTS) is 2. The molecule has 0 spiro atoms. The van der Waals surface area contributed by atoms with Crippen LogP contribution in [0, 0.1) is 0 Å². The summed E-state index contributed by atoms with van der Waals surface area (Å²) >= 11 is 0. The number of H-pyrrole nitrogens is 2. The standard InChI is InChI=1S/C30H26N4O6/c35-25-7-5-21-27-17(11-23(29(37)38)33(21)25)15-3-1-13(9-19(15)31-27)14-2-4-16-18-12-24(30(39)40)34-22(6-8-26(34)36)28(18)32-20(16)10-14/h1-4,9-10,21-24,31-32H,5-8,11-12H2,(H,37,38)(H,39,40)/t21-,22-,23-,24-/m1/s1. The summed E-state index contributed by atoms with van der Waals surface area (Å²) in [6, 6.07) is 10.0. The van der Waals surface area contributed by atoms with Crippen LogP contribution in [0.25, 0.3) is 32.9 Å². The van der Waals surface area contributed by atoms with Crippen molar-refractivity contribution in [1.29, 1.82) is 0 Å². The van der Waals surface area contributed by atoms with Crippen molar-refractivity contribution in [3.05, 3.63) is 58.9 Å². The molecular weight excluding hydrogens is 512 g/mol. The molecule has 2 fully saturated rings. The quantitative estimate of drug-likeness (QED) is 0.313. The van der Waals surface area contributed by atoms with E-state index in [-0.39, 0.29) is 36.7 Å². The van der Waals surface area contributed by atoms with Gasteiger partial charge in [-0.3, -0.25) is 9.59 Å². The van der Waals surface area contributed by atoms with Crippen LogP contribution < -0.4 is 0 Å². The Morgan fingerprint density at radius 1 is 0.700 bits per heavy atom. The van der Waals surface area contributed by atoms with E-state index in [1.807, 2.05) is 24.3 Å². The SMILES string of the molecule is O=C(O)[C@H]1Cc2c([nH]c3cc(-c4ccc5c6c([nH]c5c4)[C@H]4CCC(=O)N4[C@@H](C(=O)O)C6)ccc23)[C@H]2CCC(=O)N12. The van der Waals surface area contributed by atoms with Crippen LogP contribution in [-0.2, 0) is 32.0 Å². The van der Waals surface area contributed by atoms with Crippen molar-refractivity contribution in [2.24, 2.45) is 0 Å². The normalized spacial score (nSPS) is 25.3. The zero-order chi connectivity index (χ0) is 27.4. The van der Waals surface area contributed by atoms with Crippen molar-refractivity contribution in [3.8, 4) is 11.1 Å². The average molecular weight is 539 g/mol. The Hall–Kier alpha value is -4.60. The molecule has 0 radical (unpaired) electrons. The summed E-state index contributed by atoms with van der Waals surface area (Å²) in [7, 11) is 0. The fourth-order valence-electron chi connectivity index (χ4n) is 7.67. The number of rotatable bonds is 3. The second-order valence-electron chi connectivity index (χ2n) is 11.4. The summed E-state index contributed by atoms with van der Waals surface area (Å²) in [4.78, 5) is 59.1. The van der Waals surface area contributed by atoms with E-state index in [4.69, 9.17) is 0 Å². The molecule has 4 aliphatic heterocycles. The summed E-state index contributed by atoms with van der Waals surface area (Å²) in [6.45, 7) is 0. The Morgan fingerprint density at radius 3 is 1.52 bits per heavy atom. The molecule has 40 heavy (non-hydrogen) atoms. The van der Waals surface area contributed by atoms with Gasteiger partial charge in [0.05, 0.1) is 12.1 Å². The van der Waals surface area contributed by atoms with Gasteiger partial charge in [-0.1, -0.05) is 24.3 Å². The van der Waals surface area contributed by atoms with Gasteiger partial charge in [-0.2, -0.15) is 0 Å². The Kier molecular flexibility index (Phi) is 4.64. The maximum absolute atomic E-state index is 12.5. The molecule has 4 aromatic rings. The number of aromatic amines is 2. The van der Waals surface area contributed by atoms with Gasteiger partial charge in [0.2, 0.25) is 11.8 Å². The van der Waals surface area contributed by atoms with E-state index in [1.165, 1.54) is 9.80 Å². The van der Waals surface area contributed by atoms with Crippen LogP contribution in [0.5, 0.6) is 0 Å². The molecule has 0 bridgehead atoms. The predicted molar refractivity (Wildman–Crippen MR) is 143 cm³/mol. The maximum Gasteiger partial charge on any atom is 0.326 e. The van der Waals surface area contributed by atoms with Gasteiger partial charge in [0.25, 0.3) is 0 Å². The molecule has 0 saturated carbocycles. The fraction of sp³-hybridized carbons (Fsp3) is 0.333. The first kappa shape index (κ1) is 23.3. The van der Waals surface area contributed by atoms with E-state index in [0.29, 0.717) is 25.7 Å². The summed E-state index contributed by atoms with van der Waals surface area (Å²) in [5.41, 5.74) is 7.60. The van der Waals surface area contributed by atoms with Gasteiger partial charge in [-0.25, -0.2) is 9.59 Å². The summed E-state index contributed by atoms with van der Waals surface area (Å²) in [6.07, 6.45) is 2.49. The smallest absolute Gasteiger partial charge is 0.326 e. The molecular formula is C30H26N4O6. The van der Waals surface area contributed by atoms with E-state index < -0.39 is 24.0 Å². The van der Waals surface area contributed by atoms with E-state index in [1.54, 1.807) is 0 Å². The third kappa shape index (κ3) is 3.04. The summed E-state index contributed by atoms with van der Waals surface area (Å²) < 4.78 is 0.